The molecule has 0 atom stereocenters. The highest BCUT2D eigenvalue weighted by atomic mass is 19.4. The number of nitrogen functional groups attached to an aromatic ring is 1. The molecule has 0 aliphatic heterocycles. The van der Waals surface area contributed by atoms with E-state index in [4.69, 9.17) is 16.2 Å². The number of methoxy groups -OCH3 is 1. The van der Waals surface area contributed by atoms with Crippen molar-refractivity contribution in [3.63, 3.8) is 0 Å². The molecule has 2 amide bonds. The number of amides is 2. The number of hydrogen-bond acceptors (Lipinski definition) is 7. The van der Waals surface area contributed by atoms with Gasteiger partial charge in [-0.3, -0.25) is 19.7 Å². The van der Waals surface area contributed by atoms with E-state index in [9.17, 15) is 32.9 Å². The van der Waals surface area contributed by atoms with Gasteiger partial charge in [-0.25, -0.2) is 4.68 Å². The molecule has 14 heteroatoms. The van der Waals surface area contributed by atoms with Gasteiger partial charge in [0.2, 0.25) is 5.91 Å². The van der Waals surface area contributed by atoms with Crippen molar-refractivity contribution in [1.29, 1.82) is 0 Å². The Morgan fingerprint density at radius 1 is 1.10 bits per heavy atom. The van der Waals surface area contributed by atoms with Crippen molar-refractivity contribution in [2.24, 2.45) is 5.73 Å². The summed E-state index contributed by atoms with van der Waals surface area (Å²) in [6.07, 6.45) is -3.60. The minimum atomic E-state index is -5.07. The standard InChI is InChI=1S/C27H23F3N6O5/c1-14-19(21-12-33-35(24(21)31)13-15-3-6-18(41-2)7-4-15)10-17(11-20(14)25(32)37)34-26(38)16-5-8-23(36(39)40)22(9-16)27(28,29)30/h3-12H,13,31H2,1-2H3,(H2,32,37)(H,34,38). The third kappa shape index (κ3) is 5.95. The number of nitrogens with one attached hydrogen (secondary N) is 1. The molecule has 0 radical (unpaired) electrons. The summed E-state index contributed by atoms with van der Waals surface area (Å²) in [5.74, 6) is -0.898. The Bertz CT molecular complexity index is 1670. The summed E-state index contributed by atoms with van der Waals surface area (Å²) in [4.78, 5) is 35.0. The highest BCUT2D eigenvalue weighted by molar-refractivity contribution is 6.06. The summed E-state index contributed by atoms with van der Waals surface area (Å²) in [5.41, 5.74) is 10.9. The predicted octanol–water partition coefficient (Wildman–Crippen LogP) is 4.78. The fraction of sp³-hybridized carbons (Fsp3) is 0.148. The van der Waals surface area contributed by atoms with Gasteiger partial charge in [0, 0.05) is 28.4 Å². The molecule has 1 heterocycles. The molecule has 0 saturated carbocycles. The van der Waals surface area contributed by atoms with E-state index in [-0.39, 0.29) is 17.1 Å². The van der Waals surface area contributed by atoms with Gasteiger partial charge in [-0.2, -0.15) is 18.3 Å². The third-order valence-corrected chi connectivity index (χ3v) is 6.35. The first kappa shape index (κ1) is 28.6. The number of nitrogens with zero attached hydrogens (tertiary/aromatic N) is 3. The van der Waals surface area contributed by atoms with Gasteiger partial charge in [0.05, 0.1) is 24.8 Å². The average Bonchev–Trinajstić information content (AvgIpc) is 3.28. The lowest BCUT2D eigenvalue weighted by Gasteiger charge is -2.14. The van der Waals surface area contributed by atoms with Crippen LogP contribution in [0.5, 0.6) is 5.75 Å². The largest absolute Gasteiger partial charge is 0.497 e. The lowest BCUT2D eigenvalue weighted by atomic mass is 9.96. The monoisotopic (exact) mass is 568 g/mol. The zero-order chi connectivity index (χ0) is 30.1. The second-order valence-electron chi connectivity index (χ2n) is 8.95. The van der Waals surface area contributed by atoms with E-state index in [0.29, 0.717) is 41.1 Å². The van der Waals surface area contributed by atoms with E-state index in [1.807, 2.05) is 12.1 Å². The Morgan fingerprint density at radius 2 is 1.78 bits per heavy atom. The molecule has 5 N–H and O–H groups in total. The van der Waals surface area contributed by atoms with Crippen LogP contribution in [0.3, 0.4) is 0 Å². The minimum absolute atomic E-state index is 0.0265. The van der Waals surface area contributed by atoms with Crippen LogP contribution in [0.4, 0.5) is 30.4 Å². The number of benzene rings is 3. The van der Waals surface area contributed by atoms with Crippen molar-refractivity contribution in [2.75, 3.05) is 18.2 Å². The summed E-state index contributed by atoms with van der Waals surface area (Å²) in [6, 6.07) is 11.9. The smallest absolute Gasteiger partial charge is 0.423 e. The number of ether oxygens (including phenoxy) is 1. The summed E-state index contributed by atoms with van der Waals surface area (Å²) in [7, 11) is 1.55. The van der Waals surface area contributed by atoms with Gasteiger partial charge in [-0.15, -0.1) is 0 Å². The Morgan fingerprint density at radius 3 is 2.37 bits per heavy atom. The number of carbonyl (C=O) groups excluding carboxylic acids is 2. The van der Waals surface area contributed by atoms with E-state index in [1.54, 1.807) is 26.2 Å². The highest BCUT2D eigenvalue weighted by Crippen LogP contribution is 2.37. The first-order chi connectivity index (χ1) is 19.3. The molecule has 0 unspecified atom stereocenters. The van der Waals surface area contributed by atoms with E-state index in [1.165, 1.54) is 23.0 Å². The molecule has 0 fully saturated rings. The maximum atomic E-state index is 13.4. The summed E-state index contributed by atoms with van der Waals surface area (Å²) in [6.45, 7) is 1.93. The van der Waals surface area contributed by atoms with Crippen LogP contribution in [0, 0.1) is 17.0 Å². The lowest BCUT2D eigenvalue weighted by molar-refractivity contribution is -0.388. The molecule has 0 spiro atoms. The lowest BCUT2D eigenvalue weighted by Crippen LogP contribution is -2.17. The normalized spacial score (nSPS) is 11.2. The summed E-state index contributed by atoms with van der Waals surface area (Å²) >= 11 is 0. The number of hydrogen-bond donors (Lipinski definition) is 3. The Labute approximate surface area is 230 Å². The van der Waals surface area contributed by atoms with Crippen LogP contribution in [0.15, 0.2) is 60.8 Å². The van der Waals surface area contributed by atoms with Crippen molar-refractivity contribution >= 4 is 29.0 Å². The zero-order valence-electron chi connectivity index (χ0n) is 21.7. The summed E-state index contributed by atoms with van der Waals surface area (Å²) < 4.78 is 46.9. The number of rotatable bonds is 8. The van der Waals surface area contributed by atoms with Gasteiger partial charge in [0.15, 0.2) is 0 Å². The first-order valence-electron chi connectivity index (χ1n) is 11.9. The average molecular weight is 569 g/mol. The van der Waals surface area contributed by atoms with Crippen LogP contribution in [0.2, 0.25) is 0 Å². The van der Waals surface area contributed by atoms with Crippen LogP contribution >= 0.6 is 0 Å². The number of nitro groups is 1. The van der Waals surface area contributed by atoms with Gasteiger partial charge in [-0.1, -0.05) is 12.1 Å². The van der Waals surface area contributed by atoms with Crippen LogP contribution in [-0.2, 0) is 12.7 Å². The first-order valence-corrected chi connectivity index (χ1v) is 11.9. The maximum Gasteiger partial charge on any atom is 0.423 e. The van der Waals surface area contributed by atoms with Crippen LogP contribution < -0.4 is 21.5 Å². The molecule has 4 rings (SSSR count). The summed E-state index contributed by atoms with van der Waals surface area (Å²) in [5, 5.41) is 17.8. The molecule has 4 aromatic rings. The van der Waals surface area contributed by atoms with Crippen molar-refractivity contribution in [3.05, 3.63) is 98.7 Å². The number of halogens is 3. The number of alkyl halides is 3. The molecule has 3 aromatic carbocycles. The third-order valence-electron chi connectivity index (χ3n) is 6.35. The number of aromatic nitrogens is 2. The quantitative estimate of drug-likeness (QED) is 0.203. The molecule has 0 aliphatic rings. The Kier molecular flexibility index (Phi) is 7.67. The van der Waals surface area contributed by atoms with Gasteiger partial charge in [-0.05, 0) is 60.0 Å². The number of primary amides is 1. The fourth-order valence-corrected chi connectivity index (χ4v) is 4.22. The Hall–Kier alpha value is -5.40. The molecule has 0 bridgehead atoms. The van der Waals surface area contributed by atoms with Crippen molar-refractivity contribution < 1.29 is 32.4 Å². The SMILES string of the molecule is COc1ccc(Cn2ncc(-c3cc(NC(=O)c4ccc([N+](=O)[O-])c(C(F)(F)F)c4)cc(C(N)=O)c3C)c2N)cc1. The molecule has 0 aliphatic carbocycles. The maximum absolute atomic E-state index is 13.4. The van der Waals surface area contributed by atoms with Crippen LogP contribution in [0.25, 0.3) is 11.1 Å². The van der Waals surface area contributed by atoms with Crippen molar-refractivity contribution in [1.82, 2.24) is 9.78 Å². The highest BCUT2D eigenvalue weighted by Gasteiger charge is 2.39. The van der Waals surface area contributed by atoms with Gasteiger partial charge in [0.1, 0.15) is 17.1 Å². The molecular formula is C27H23F3N6O5. The molecule has 1 aromatic heterocycles. The molecule has 11 nitrogen and oxygen atoms in total. The second-order valence-corrected chi connectivity index (χ2v) is 8.95. The molecular weight excluding hydrogens is 545 g/mol. The fourth-order valence-electron chi connectivity index (χ4n) is 4.22. The molecule has 0 saturated heterocycles. The second kappa shape index (κ2) is 11.0. The van der Waals surface area contributed by atoms with Gasteiger partial charge >= 0.3 is 6.18 Å². The van der Waals surface area contributed by atoms with E-state index < -0.39 is 39.7 Å². The number of anilines is 2. The van der Waals surface area contributed by atoms with E-state index in [2.05, 4.69) is 10.4 Å². The van der Waals surface area contributed by atoms with Crippen molar-refractivity contribution in [2.45, 2.75) is 19.6 Å². The number of carbonyl (C=O) groups is 2. The van der Waals surface area contributed by atoms with Crippen molar-refractivity contribution in [3.8, 4) is 16.9 Å². The number of nitro benzene ring substituents is 1. The minimum Gasteiger partial charge on any atom is -0.497 e. The topological polar surface area (TPSA) is 168 Å². The van der Waals surface area contributed by atoms with Gasteiger partial charge < -0.3 is 21.5 Å². The van der Waals surface area contributed by atoms with E-state index in [0.717, 1.165) is 11.6 Å². The zero-order valence-corrected chi connectivity index (χ0v) is 21.7. The molecule has 212 valence electrons. The molecule has 41 heavy (non-hydrogen) atoms. The Balaban J connectivity index is 1.70. The van der Waals surface area contributed by atoms with Crippen LogP contribution in [-0.4, -0.2) is 33.6 Å². The van der Waals surface area contributed by atoms with Crippen LogP contribution in [0.1, 0.15) is 37.4 Å². The predicted molar refractivity (Wildman–Crippen MR) is 143 cm³/mol. The van der Waals surface area contributed by atoms with Gasteiger partial charge in [0.25, 0.3) is 11.6 Å². The van der Waals surface area contributed by atoms with E-state index >= 15 is 0 Å². The number of nitrogens with two attached hydrogens (primary N) is 2.